The fraction of sp³-hybridized carbons (Fsp3) is 0.120. The van der Waals surface area contributed by atoms with E-state index in [1.165, 1.54) is 16.3 Å². The number of hydrogen-bond donors (Lipinski definition) is 1. The van der Waals surface area contributed by atoms with Crippen LogP contribution in [0.3, 0.4) is 0 Å². The van der Waals surface area contributed by atoms with Gasteiger partial charge in [-0.25, -0.2) is 10.4 Å². The van der Waals surface area contributed by atoms with Crippen molar-refractivity contribution < 1.29 is 4.79 Å². The predicted molar refractivity (Wildman–Crippen MR) is 142 cm³/mol. The SMILES string of the molecule is CN(C)c1ccc(/C=N\NC(=O)CSc2nc3ccccc3c(=O)n2-c2ccc(Br)cc2)cc1. The molecule has 34 heavy (non-hydrogen) atoms. The van der Waals surface area contributed by atoms with Gasteiger partial charge in [0.2, 0.25) is 0 Å². The molecule has 4 rings (SSSR count). The Kier molecular flexibility index (Phi) is 7.44. The quantitative estimate of drug-likeness (QED) is 0.163. The Balaban J connectivity index is 1.51. The van der Waals surface area contributed by atoms with Crippen LogP contribution in [0.1, 0.15) is 5.56 Å². The molecule has 0 aliphatic rings. The average Bonchev–Trinajstić information content (AvgIpc) is 2.84. The number of benzene rings is 3. The van der Waals surface area contributed by atoms with Crippen LogP contribution in [0.4, 0.5) is 5.69 Å². The summed E-state index contributed by atoms with van der Waals surface area (Å²) in [6.45, 7) is 0. The van der Waals surface area contributed by atoms with Crippen LogP contribution in [0.15, 0.2) is 92.3 Å². The molecule has 0 radical (unpaired) electrons. The van der Waals surface area contributed by atoms with Gasteiger partial charge in [0, 0.05) is 24.3 Å². The molecule has 9 heteroatoms. The van der Waals surface area contributed by atoms with Crippen LogP contribution in [0, 0.1) is 0 Å². The van der Waals surface area contributed by atoms with Crippen LogP contribution >= 0.6 is 27.7 Å². The van der Waals surface area contributed by atoms with Crippen molar-refractivity contribution in [2.75, 3.05) is 24.7 Å². The van der Waals surface area contributed by atoms with Gasteiger partial charge in [0.15, 0.2) is 5.16 Å². The molecule has 1 heterocycles. The van der Waals surface area contributed by atoms with E-state index in [-0.39, 0.29) is 17.2 Å². The first-order valence-electron chi connectivity index (χ1n) is 10.4. The molecule has 1 aromatic heterocycles. The van der Waals surface area contributed by atoms with Crippen molar-refractivity contribution in [3.8, 4) is 5.69 Å². The van der Waals surface area contributed by atoms with Crippen LogP contribution in [0.5, 0.6) is 0 Å². The summed E-state index contributed by atoms with van der Waals surface area (Å²) >= 11 is 4.60. The molecule has 0 fully saturated rings. The van der Waals surface area contributed by atoms with Crippen molar-refractivity contribution in [1.29, 1.82) is 0 Å². The number of nitrogens with zero attached hydrogens (tertiary/aromatic N) is 4. The maximum atomic E-state index is 13.2. The molecule has 0 aliphatic carbocycles. The van der Waals surface area contributed by atoms with Crippen LogP contribution in [0.2, 0.25) is 0 Å². The van der Waals surface area contributed by atoms with Crippen molar-refractivity contribution in [3.05, 3.63) is 93.2 Å². The lowest BCUT2D eigenvalue weighted by Crippen LogP contribution is -2.24. The Morgan fingerprint density at radius 3 is 2.50 bits per heavy atom. The number of carbonyl (C=O) groups is 1. The highest BCUT2D eigenvalue weighted by molar-refractivity contribution is 9.10. The predicted octanol–water partition coefficient (Wildman–Crippen LogP) is 4.46. The zero-order valence-corrected chi connectivity index (χ0v) is 21.0. The minimum absolute atomic E-state index is 0.0538. The third kappa shape index (κ3) is 5.55. The molecular formula is C25H22BrN5O2S. The van der Waals surface area contributed by atoms with Crippen LogP contribution in [0.25, 0.3) is 16.6 Å². The number of halogens is 1. The second kappa shape index (κ2) is 10.7. The molecule has 3 aromatic carbocycles. The van der Waals surface area contributed by atoms with E-state index in [1.807, 2.05) is 79.7 Å². The molecule has 4 aromatic rings. The Labute approximate surface area is 209 Å². The van der Waals surface area contributed by atoms with Gasteiger partial charge in [-0.15, -0.1) is 0 Å². The molecular weight excluding hydrogens is 514 g/mol. The smallest absolute Gasteiger partial charge is 0.266 e. The molecule has 1 amide bonds. The number of carbonyl (C=O) groups excluding carboxylic acids is 1. The van der Waals surface area contributed by atoms with E-state index < -0.39 is 0 Å². The number of rotatable bonds is 7. The van der Waals surface area contributed by atoms with Crippen molar-refractivity contribution >= 4 is 56.4 Å². The minimum atomic E-state index is -0.295. The molecule has 0 unspecified atom stereocenters. The lowest BCUT2D eigenvalue weighted by atomic mass is 10.2. The Morgan fingerprint density at radius 1 is 1.09 bits per heavy atom. The summed E-state index contributed by atoms with van der Waals surface area (Å²) in [6.07, 6.45) is 1.59. The van der Waals surface area contributed by atoms with Crippen molar-refractivity contribution in [2.45, 2.75) is 5.16 Å². The third-order valence-electron chi connectivity index (χ3n) is 4.97. The van der Waals surface area contributed by atoms with Crippen LogP contribution < -0.4 is 15.9 Å². The molecule has 0 saturated heterocycles. The zero-order chi connectivity index (χ0) is 24.1. The normalized spacial score (nSPS) is 11.1. The van der Waals surface area contributed by atoms with E-state index in [0.717, 1.165) is 15.7 Å². The first-order chi connectivity index (χ1) is 16.4. The van der Waals surface area contributed by atoms with Crippen molar-refractivity contribution in [1.82, 2.24) is 15.0 Å². The minimum Gasteiger partial charge on any atom is -0.378 e. The summed E-state index contributed by atoms with van der Waals surface area (Å²) in [5.41, 5.74) is 5.57. The number of hydrogen-bond acceptors (Lipinski definition) is 6. The number of hydrazone groups is 1. The van der Waals surface area contributed by atoms with Gasteiger partial charge in [-0.2, -0.15) is 5.10 Å². The Hall–Kier alpha value is -3.43. The molecule has 1 N–H and O–H groups in total. The summed E-state index contributed by atoms with van der Waals surface area (Å²) in [5, 5.41) is 4.99. The number of nitrogens with one attached hydrogen (secondary N) is 1. The summed E-state index contributed by atoms with van der Waals surface area (Å²) in [4.78, 5) is 32.3. The molecule has 0 saturated carbocycles. The molecule has 172 valence electrons. The van der Waals surface area contributed by atoms with Crippen molar-refractivity contribution in [2.24, 2.45) is 5.10 Å². The second-order valence-electron chi connectivity index (χ2n) is 7.60. The Bertz CT molecular complexity index is 1400. The third-order valence-corrected chi connectivity index (χ3v) is 6.44. The number of para-hydroxylation sites is 1. The zero-order valence-electron chi connectivity index (χ0n) is 18.6. The van der Waals surface area contributed by atoms with Crippen molar-refractivity contribution in [3.63, 3.8) is 0 Å². The van der Waals surface area contributed by atoms with Gasteiger partial charge in [0.1, 0.15) is 0 Å². The molecule has 7 nitrogen and oxygen atoms in total. The highest BCUT2D eigenvalue weighted by Crippen LogP contribution is 2.22. The fourth-order valence-corrected chi connectivity index (χ4v) is 4.30. The van der Waals surface area contributed by atoms with Crippen LogP contribution in [-0.2, 0) is 4.79 Å². The van der Waals surface area contributed by atoms with E-state index in [0.29, 0.717) is 21.7 Å². The van der Waals surface area contributed by atoms with Gasteiger partial charge < -0.3 is 4.90 Å². The lowest BCUT2D eigenvalue weighted by Gasteiger charge is -2.13. The van der Waals surface area contributed by atoms with E-state index in [2.05, 4.69) is 31.4 Å². The topological polar surface area (TPSA) is 79.6 Å². The molecule has 0 aliphatic heterocycles. The van der Waals surface area contributed by atoms with E-state index in [9.17, 15) is 9.59 Å². The summed E-state index contributed by atoms with van der Waals surface area (Å²) in [6, 6.07) is 22.4. The maximum Gasteiger partial charge on any atom is 0.266 e. The van der Waals surface area contributed by atoms with E-state index in [4.69, 9.17) is 0 Å². The maximum absolute atomic E-state index is 13.2. The highest BCUT2D eigenvalue weighted by Gasteiger charge is 2.14. The molecule has 0 bridgehead atoms. The lowest BCUT2D eigenvalue weighted by molar-refractivity contribution is -0.118. The average molecular weight is 536 g/mol. The first kappa shape index (κ1) is 23.7. The number of thioether (sulfide) groups is 1. The number of anilines is 1. The van der Waals surface area contributed by atoms with Gasteiger partial charge in [0.25, 0.3) is 11.5 Å². The number of aromatic nitrogens is 2. The van der Waals surface area contributed by atoms with Gasteiger partial charge in [-0.3, -0.25) is 14.2 Å². The summed E-state index contributed by atoms with van der Waals surface area (Å²) < 4.78 is 2.43. The van der Waals surface area contributed by atoms with Gasteiger partial charge in [0.05, 0.1) is 28.6 Å². The van der Waals surface area contributed by atoms with Gasteiger partial charge in [-0.1, -0.05) is 52.0 Å². The molecule has 0 spiro atoms. The largest absolute Gasteiger partial charge is 0.378 e. The number of fused-ring (bicyclic) bond motifs is 1. The monoisotopic (exact) mass is 535 g/mol. The number of amides is 1. The molecule has 0 atom stereocenters. The first-order valence-corrected chi connectivity index (χ1v) is 12.2. The van der Waals surface area contributed by atoms with E-state index in [1.54, 1.807) is 18.3 Å². The summed E-state index contributed by atoms with van der Waals surface area (Å²) in [5.74, 6) is -0.242. The Morgan fingerprint density at radius 2 is 1.79 bits per heavy atom. The summed E-state index contributed by atoms with van der Waals surface area (Å²) in [7, 11) is 3.95. The van der Waals surface area contributed by atoms with Gasteiger partial charge >= 0.3 is 0 Å². The fourth-order valence-electron chi connectivity index (χ4n) is 3.23. The van der Waals surface area contributed by atoms with Crippen LogP contribution in [-0.4, -0.2) is 41.5 Å². The highest BCUT2D eigenvalue weighted by atomic mass is 79.9. The van der Waals surface area contributed by atoms with E-state index >= 15 is 0 Å². The van der Waals surface area contributed by atoms with Gasteiger partial charge in [-0.05, 0) is 54.1 Å². The second-order valence-corrected chi connectivity index (χ2v) is 9.45. The standard InChI is InChI=1S/C25H22BrN5O2S/c1-30(2)19-11-7-17(8-12-19)15-27-29-23(32)16-34-25-28-22-6-4-3-5-21(22)24(33)31(25)20-13-9-18(26)10-14-20/h3-15H,16H2,1-2H3,(H,29,32)/b27-15-.